The van der Waals surface area contributed by atoms with Crippen molar-refractivity contribution in [3.05, 3.63) is 0 Å². The summed E-state index contributed by atoms with van der Waals surface area (Å²) in [6.45, 7) is 8.75. The maximum Gasteiger partial charge on any atom is 0.239 e. The van der Waals surface area contributed by atoms with E-state index in [4.69, 9.17) is 64.1 Å². The van der Waals surface area contributed by atoms with Crippen molar-refractivity contribution in [1.82, 2.24) is 16.0 Å². The van der Waals surface area contributed by atoms with Crippen LogP contribution in [-0.2, 0) is 52.3 Å². The van der Waals surface area contributed by atoms with Crippen LogP contribution < -0.4 is 21.7 Å². The summed E-state index contributed by atoms with van der Waals surface area (Å²) in [5, 5.41) is 69.6. The lowest BCUT2D eigenvalue weighted by atomic mass is 10.1. The van der Waals surface area contributed by atoms with E-state index in [1.807, 2.05) is 6.92 Å². The first-order valence-corrected chi connectivity index (χ1v) is 20.1. The molecule has 3 amide bonds. The molecule has 0 aromatic carbocycles. The SMILES string of the molecule is CCC(=O)NCCCCC(O)CO.CO.NCCOCCOCCOCCOCCOCCOCCOCCOCCC(=O)NCC(=O)NCC(O)C(O)C(O)CCO. The standard InChI is InChI=1S/C27H55N3O14.C9H19NO3.CH4O/c28-3-6-38-8-10-40-12-14-42-16-18-44-20-19-43-17-15-41-13-11-39-9-7-37-5-2-25(34)30-22-26(35)29-21-24(33)27(36)23(32)1-4-31;1-2-9(13)10-6-4-3-5-8(12)7-11;1-2/h23-24,27,31-33,36H,1-22,28H2,(H,29,35)(H,30,34);8,11-12H,2-7H2,1H3,(H,10,13);2H,1H3. The van der Waals surface area contributed by atoms with E-state index in [-0.39, 0.29) is 51.7 Å². The van der Waals surface area contributed by atoms with Gasteiger partial charge >= 0.3 is 0 Å². The number of carbonyl (C=O) groups excluding carboxylic acids is 3. The van der Waals surface area contributed by atoms with E-state index in [2.05, 4.69) is 16.0 Å². The Balaban J connectivity index is -0.00000176. The van der Waals surface area contributed by atoms with Crippen LogP contribution in [0.1, 0.15) is 45.4 Å². The number of hydrogen-bond acceptors (Lipinski definition) is 19. The van der Waals surface area contributed by atoms with Crippen LogP contribution in [0.2, 0.25) is 0 Å². The third-order valence-electron chi connectivity index (χ3n) is 7.33. The highest BCUT2D eigenvalue weighted by atomic mass is 16.6. The van der Waals surface area contributed by atoms with Crippen LogP contribution >= 0.6 is 0 Å². The average Bonchev–Trinajstić information content (AvgIpc) is 3.25. The Labute approximate surface area is 349 Å². The molecule has 4 unspecified atom stereocenters. The van der Waals surface area contributed by atoms with Crippen molar-refractivity contribution in [3.63, 3.8) is 0 Å². The molecule has 0 saturated carbocycles. The summed E-state index contributed by atoms with van der Waals surface area (Å²) in [4.78, 5) is 34.3. The van der Waals surface area contributed by atoms with E-state index in [1.165, 1.54) is 0 Å². The van der Waals surface area contributed by atoms with Gasteiger partial charge in [0, 0.05) is 46.2 Å². The summed E-state index contributed by atoms with van der Waals surface area (Å²) in [7, 11) is 1.00. The number of ether oxygens (including phenoxy) is 8. The van der Waals surface area contributed by atoms with E-state index in [0.717, 1.165) is 20.0 Å². The predicted octanol–water partition coefficient (Wildman–Crippen LogP) is -4.19. The molecule has 0 saturated heterocycles. The van der Waals surface area contributed by atoms with Crippen LogP contribution in [0.25, 0.3) is 0 Å². The number of amides is 3. The molecule has 0 aromatic heterocycles. The van der Waals surface area contributed by atoms with Gasteiger partial charge in [0.15, 0.2) is 0 Å². The number of nitrogens with two attached hydrogens (primary N) is 1. The van der Waals surface area contributed by atoms with Crippen LogP contribution in [-0.4, -0.2) is 230 Å². The first kappa shape index (κ1) is 61.1. The lowest BCUT2D eigenvalue weighted by Gasteiger charge is -2.22. The number of carbonyl (C=O) groups is 3. The zero-order valence-electron chi connectivity index (χ0n) is 35.3. The van der Waals surface area contributed by atoms with Crippen LogP contribution in [0.15, 0.2) is 0 Å². The molecule has 22 nitrogen and oxygen atoms in total. The average molecular weight is 867 g/mol. The van der Waals surface area contributed by atoms with Crippen LogP contribution in [0, 0.1) is 0 Å². The quantitative estimate of drug-likeness (QED) is 0.0260. The molecule has 0 aliphatic carbocycles. The Hall–Kier alpha value is -2.23. The largest absolute Gasteiger partial charge is 0.400 e. The summed E-state index contributed by atoms with van der Waals surface area (Å²) in [5.41, 5.74) is 5.31. The number of rotatable bonds is 41. The maximum absolute atomic E-state index is 11.8. The Morgan fingerprint density at radius 3 is 1.39 bits per heavy atom. The predicted molar refractivity (Wildman–Crippen MR) is 214 cm³/mol. The number of aliphatic hydroxyl groups excluding tert-OH is 7. The van der Waals surface area contributed by atoms with Crippen molar-refractivity contribution in [3.8, 4) is 0 Å². The van der Waals surface area contributed by atoms with E-state index < -0.39 is 36.2 Å². The van der Waals surface area contributed by atoms with Gasteiger partial charge in [0.25, 0.3) is 0 Å². The molecule has 354 valence electrons. The van der Waals surface area contributed by atoms with Crippen molar-refractivity contribution < 1.29 is 88.0 Å². The highest BCUT2D eigenvalue weighted by molar-refractivity contribution is 5.84. The van der Waals surface area contributed by atoms with Gasteiger partial charge < -0.3 is 95.3 Å². The van der Waals surface area contributed by atoms with E-state index in [0.29, 0.717) is 125 Å². The fraction of sp³-hybridized carbons (Fsp3) is 0.919. The lowest BCUT2D eigenvalue weighted by molar-refractivity contribution is -0.127. The van der Waals surface area contributed by atoms with Crippen molar-refractivity contribution in [2.45, 2.75) is 69.9 Å². The van der Waals surface area contributed by atoms with E-state index >= 15 is 0 Å². The molecule has 0 aliphatic rings. The van der Waals surface area contributed by atoms with Gasteiger partial charge in [0.05, 0.1) is 137 Å². The zero-order valence-corrected chi connectivity index (χ0v) is 35.3. The van der Waals surface area contributed by atoms with Crippen molar-refractivity contribution in [2.75, 3.05) is 152 Å². The molecule has 0 spiro atoms. The minimum Gasteiger partial charge on any atom is -0.400 e. The molecular weight excluding hydrogens is 788 g/mol. The van der Waals surface area contributed by atoms with E-state index in [1.54, 1.807) is 0 Å². The van der Waals surface area contributed by atoms with Gasteiger partial charge in [-0.15, -0.1) is 0 Å². The Morgan fingerprint density at radius 1 is 0.542 bits per heavy atom. The molecule has 0 aliphatic heterocycles. The summed E-state index contributed by atoms with van der Waals surface area (Å²) in [6.07, 6.45) is -2.14. The molecule has 0 fully saturated rings. The molecule has 0 radical (unpaired) electrons. The van der Waals surface area contributed by atoms with Crippen molar-refractivity contribution in [2.24, 2.45) is 5.73 Å². The normalized spacial score (nSPS) is 12.9. The van der Waals surface area contributed by atoms with Gasteiger partial charge in [-0.3, -0.25) is 14.4 Å². The molecule has 0 bridgehead atoms. The van der Waals surface area contributed by atoms with Crippen molar-refractivity contribution >= 4 is 17.7 Å². The third-order valence-corrected chi connectivity index (χ3v) is 7.33. The molecule has 4 atom stereocenters. The fourth-order valence-electron chi connectivity index (χ4n) is 4.07. The fourth-order valence-corrected chi connectivity index (χ4v) is 4.07. The van der Waals surface area contributed by atoms with Crippen LogP contribution in [0.4, 0.5) is 0 Å². The molecule has 0 heterocycles. The molecule has 22 heteroatoms. The molecular formula is C37H78N4O18. The van der Waals surface area contributed by atoms with Gasteiger partial charge in [-0.05, 0) is 25.7 Å². The Bertz CT molecular complexity index is 902. The van der Waals surface area contributed by atoms with Gasteiger partial charge in [-0.2, -0.15) is 0 Å². The maximum atomic E-state index is 11.8. The van der Waals surface area contributed by atoms with E-state index in [9.17, 15) is 29.7 Å². The minimum atomic E-state index is -1.52. The summed E-state index contributed by atoms with van der Waals surface area (Å²) in [5.74, 6) is -0.910. The Morgan fingerprint density at radius 2 is 0.983 bits per heavy atom. The second kappa shape index (κ2) is 50.1. The van der Waals surface area contributed by atoms with Gasteiger partial charge in [0.1, 0.15) is 6.10 Å². The minimum absolute atomic E-state index is 0.0480. The second-order valence-electron chi connectivity index (χ2n) is 12.2. The molecule has 59 heavy (non-hydrogen) atoms. The molecule has 0 rings (SSSR count). The van der Waals surface area contributed by atoms with Gasteiger partial charge in [-0.25, -0.2) is 0 Å². The summed E-state index contributed by atoms with van der Waals surface area (Å²) in [6, 6.07) is 0. The number of nitrogens with one attached hydrogen (secondary N) is 3. The first-order valence-electron chi connectivity index (χ1n) is 20.1. The monoisotopic (exact) mass is 867 g/mol. The zero-order chi connectivity index (χ0) is 44.6. The summed E-state index contributed by atoms with van der Waals surface area (Å²) < 4.78 is 42.9. The second-order valence-corrected chi connectivity index (χ2v) is 12.2. The lowest BCUT2D eigenvalue weighted by Crippen LogP contribution is -2.46. The van der Waals surface area contributed by atoms with Crippen molar-refractivity contribution in [1.29, 1.82) is 0 Å². The van der Waals surface area contributed by atoms with Crippen LogP contribution in [0.3, 0.4) is 0 Å². The van der Waals surface area contributed by atoms with Gasteiger partial charge in [-0.1, -0.05) is 6.92 Å². The third kappa shape index (κ3) is 48.3. The van der Waals surface area contributed by atoms with Gasteiger partial charge in [0.2, 0.25) is 17.7 Å². The topological polar surface area (TPSA) is 329 Å². The smallest absolute Gasteiger partial charge is 0.239 e. The number of hydrogen-bond donors (Lipinski definition) is 11. The Kier molecular flexibility index (Phi) is 51.9. The number of aliphatic hydroxyl groups is 7. The molecule has 0 aromatic rings. The first-order chi connectivity index (χ1) is 28.6. The highest BCUT2D eigenvalue weighted by Gasteiger charge is 2.24. The van der Waals surface area contributed by atoms with Crippen LogP contribution in [0.5, 0.6) is 0 Å². The molecule has 12 N–H and O–H groups in total. The number of unbranched alkanes of at least 4 members (excludes halogenated alkanes) is 1. The summed E-state index contributed by atoms with van der Waals surface area (Å²) >= 11 is 0. The highest BCUT2D eigenvalue weighted by Crippen LogP contribution is 2.03.